The predicted molar refractivity (Wildman–Crippen MR) is 95.4 cm³/mol. The molecule has 2 aliphatic rings. The lowest BCUT2D eigenvalue weighted by atomic mass is 10.0. The molecule has 1 N–H and O–H groups in total. The number of hydrogen-bond acceptors (Lipinski definition) is 4. The molecule has 0 saturated carbocycles. The van der Waals surface area contributed by atoms with Gasteiger partial charge in [0.2, 0.25) is 15.9 Å². The van der Waals surface area contributed by atoms with E-state index in [2.05, 4.69) is 14.9 Å². The SMILES string of the molecule is CCCS(=O)(=O)N1CCCCC1C(=O)NCc1cn2c(n1)CCCC2. The van der Waals surface area contributed by atoms with E-state index in [9.17, 15) is 13.2 Å². The first-order chi connectivity index (χ1) is 12.0. The minimum atomic E-state index is -3.36. The van der Waals surface area contributed by atoms with Gasteiger partial charge in [-0.05, 0) is 32.1 Å². The molecule has 0 aliphatic carbocycles. The molecule has 1 amide bonds. The Morgan fingerprint density at radius 3 is 2.84 bits per heavy atom. The Morgan fingerprint density at radius 2 is 2.08 bits per heavy atom. The molecule has 25 heavy (non-hydrogen) atoms. The number of aryl methyl sites for hydroxylation is 2. The molecular weight excluding hydrogens is 340 g/mol. The van der Waals surface area contributed by atoms with Gasteiger partial charge in [0.25, 0.3) is 0 Å². The van der Waals surface area contributed by atoms with Crippen LogP contribution in [0, 0.1) is 0 Å². The van der Waals surface area contributed by atoms with Crippen LogP contribution in [0.5, 0.6) is 0 Å². The van der Waals surface area contributed by atoms with Gasteiger partial charge in [-0.3, -0.25) is 4.79 Å². The maximum Gasteiger partial charge on any atom is 0.238 e. The van der Waals surface area contributed by atoms with Crippen LogP contribution in [0.4, 0.5) is 0 Å². The van der Waals surface area contributed by atoms with Crippen molar-refractivity contribution in [2.24, 2.45) is 0 Å². The molecule has 0 spiro atoms. The number of imidazole rings is 1. The van der Waals surface area contributed by atoms with E-state index in [1.165, 1.54) is 10.7 Å². The summed E-state index contributed by atoms with van der Waals surface area (Å²) >= 11 is 0. The largest absolute Gasteiger partial charge is 0.349 e. The first-order valence-corrected chi connectivity index (χ1v) is 10.9. The quantitative estimate of drug-likeness (QED) is 0.823. The zero-order valence-electron chi connectivity index (χ0n) is 14.9. The fraction of sp³-hybridized carbons (Fsp3) is 0.765. The third-order valence-electron chi connectivity index (χ3n) is 4.98. The second-order valence-electron chi connectivity index (χ2n) is 6.96. The molecule has 1 unspecified atom stereocenters. The van der Waals surface area contributed by atoms with E-state index in [-0.39, 0.29) is 11.7 Å². The summed E-state index contributed by atoms with van der Waals surface area (Å²) in [5, 5.41) is 2.90. The van der Waals surface area contributed by atoms with E-state index in [4.69, 9.17) is 0 Å². The Morgan fingerprint density at radius 1 is 1.28 bits per heavy atom. The Balaban J connectivity index is 1.63. The van der Waals surface area contributed by atoms with E-state index >= 15 is 0 Å². The molecule has 0 radical (unpaired) electrons. The van der Waals surface area contributed by atoms with Crippen LogP contribution in [0.3, 0.4) is 0 Å². The molecule has 0 aromatic carbocycles. The van der Waals surface area contributed by atoms with Crippen LogP contribution in [0.2, 0.25) is 0 Å². The van der Waals surface area contributed by atoms with Gasteiger partial charge in [0.15, 0.2) is 0 Å². The number of piperidine rings is 1. The summed E-state index contributed by atoms with van der Waals surface area (Å²) in [5.41, 5.74) is 0.851. The van der Waals surface area contributed by atoms with Crippen molar-refractivity contribution in [2.45, 2.75) is 71.0 Å². The van der Waals surface area contributed by atoms with Crippen LogP contribution in [0.1, 0.15) is 57.0 Å². The summed E-state index contributed by atoms with van der Waals surface area (Å²) in [5.74, 6) is 0.982. The highest BCUT2D eigenvalue weighted by Crippen LogP contribution is 2.22. The zero-order valence-corrected chi connectivity index (χ0v) is 15.7. The summed E-state index contributed by atoms with van der Waals surface area (Å²) in [4.78, 5) is 17.2. The molecule has 8 heteroatoms. The molecule has 1 saturated heterocycles. The van der Waals surface area contributed by atoms with Gasteiger partial charge in [-0.15, -0.1) is 0 Å². The average molecular weight is 369 g/mol. The van der Waals surface area contributed by atoms with Crippen molar-refractivity contribution in [1.82, 2.24) is 19.2 Å². The fourth-order valence-corrected chi connectivity index (χ4v) is 5.47. The number of fused-ring (bicyclic) bond motifs is 1. The Kier molecular flexibility index (Phi) is 5.78. The van der Waals surface area contributed by atoms with Crippen LogP contribution in [0.25, 0.3) is 0 Å². The van der Waals surface area contributed by atoms with E-state index in [1.807, 2.05) is 13.1 Å². The smallest absolute Gasteiger partial charge is 0.238 e. The third kappa shape index (κ3) is 4.23. The summed E-state index contributed by atoms with van der Waals surface area (Å²) in [7, 11) is -3.36. The maximum absolute atomic E-state index is 12.6. The minimum absolute atomic E-state index is 0.102. The van der Waals surface area contributed by atoms with Crippen molar-refractivity contribution >= 4 is 15.9 Å². The number of nitrogens with one attached hydrogen (secondary N) is 1. The van der Waals surface area contributed by atoms with E-state index < -0.39 is 16.1 Å². The number of amides is 1. The number of rotatable bonds is 6. The lowest BCUT2D eigenvalue weighted by molar-refractivity contribution is -0.125. The van der Waals surface area contributed by atoms with E-state index in [1.54, 1.807) is 0 Å². The first kappa shape index (κ1) is 18.4. The predicted octanol–water partition coefficient (Wildman–Crippen LogP) is 1.43. The maximum atomic E-state index is 12.6. The van der Waals surface area contributed by atoms with E-state index in [0.717, 1.165) is 43.7 Å². The summed E-state index contributed by atoms with van der Waals surface area (Å²) in [6, 6.07) is -0.581. The standard InChI is InChI=1S/C17H28N4O3S/c1-2-11-25(23,24)21-10-6-3-7-15(21)17(22)18-12-14-13-20-9-5-4-8-16(20)19-14/h13,15H,2-12H2,1H3,(H,18,22). The highest BCUT2D eigenvalue weighted by Gasteiger charge is 2.36. The normalized spacial score (nSPS) is 21.7. The monoisotopic (exact) mass is 368 g/mol. The molecule has 1 atom stereocenters. The molecular formula is C17H28N4O3S. The van der Waals surface area contributed by atoms with Gasteiger partial charge in [-0.2, -0.15) is 4.31 Å². The average Bonchev–Trinajstić information content (AvgIpc) is 3.02. The van der Waals surface area contributed by atoms with Crippen molar-refractivity contribution in [1.29, 1.82) is 0 Å². The number of carbonyl (C=O) groups excluding carboxylic acids is 1. The first-order valence-electron chi connectivity index (χ1n) is 9.33. The van der Waals surface area contributed by atoms with Crippen molar-refractivity contribution in [2.75, 3.05) is 12.3 Å². The Labute approximate surface area is 149 Å². The van der Waals surface area contributed by atoms with Crippen molar-refractivity contribution in [3.05, 3.63) is 17.7 Å². The Hall–Kier alpha value is -1.41. The van der Waals surface area contributed by atoms with Crippen molar-refractivity contribution in [3.63, 3.8) is 0 Å². The second-order valence-corrected chi connectivity index (χ2v) is 9.00. The molecule has 1 aromatic rings. The molecule has 0 bridgehead atoms. The highest BCUT2D eigenvalue weighted by atomic mass is 32.2. The number of aromatic nitrogens is 2. The summed E-state index contributed by atoms with van der Waals surface area (Å²) in [6.07, 6.45) is 8.18. The minimum Gasteiger partial charge on any atom is -0.349 e. The second kappa shape index (κ2) is 7.86. The van der Waals surface area contributed by atoms with Gasteiger partial charge in [0.1, 0.15) is 11.9 Å². The topological polar surface area (TPSA) is 84.3 Å². The van der Waals surface area contributed by atoms with Crippen LogP contribution in [0.15, 0.2) is 6.20 Å². The van der Waals surface area contributed by atoms with Crippen molar-refractivity contribution in [3.8, 4) is 0 Å². The lowest BCUT2D eigenvalue weighted by Crippen LogP contribution is -2.52. The summed E-state index contributed by atoms with van der Waals surface area (Å²) < 4.78 is 28.4. The molecule has 1 aromatic heterocycles. The number of sulfonamides is 1. The Bertz CT molecular complexity index is 690. The van der Waals surface area contributed by atoms with Gasteiger partial charge in [-0.1, -0.05) is 13.3 Å². The third-order valence-corrected chi connectivity index (χ3v) is 7.05. The van der Waals surface area contributed by atoms with Crippen molar-refractivity contribution < 1.29 is 13.2 Å². The molecule has 3 rings (SSSR count). The molecule has 140 valence electrons. The molecule has 1 fully saturated rings. The molecule has 2 aliphatic heterocycles. The highest BCUT2D eigenvalue weighted by molar-refractivity contribution is 7.89. The van der Waals surface area contributed by atoms with Gasteiger partial charge >= 0.3 is 0 Å². The van der Waals surface area contributed by atoms with Gasteiger partial charge in [-0.25, -0.2) is 13.4 Å². The van der Waals surface area contributed by atoms with Crippen LogP contribution in [-0.2, 0) is 34.3 Å². The molecule has 7 nitrogen and oxygen atoms in total. The fourth-order valence-electron chi connectivity index (χ4n) is 3.73. The van der Waals surface area contributed by atoms with Gasteiger partial charge < -0.3 is 9.88 Å². The molecule has 3 heterocycles. The summed E-state index contributed by atoms with van der Waals surface area (Å²) in [6.45, 7) is 3.63. The zero-order chi connectivity index (χ0) is 17.9. The van der Waals surface area contributed by atoms with Crippen LogP contribution in [-0.4, -0.2) is 46.5 Å². The van der Waals surface area contributed by atoms with Gasteiger partial charge in [0, 0.05) is 25.7 Å². The number of carbonyl (C=O) groups is 1. The number of hydrogen-bond donors (Lipinski definition) is 1. The van der Waals surface area contributed by atoms with Gasteiger partial charge in [0.05, 0.1) is 18.0 Å². The number of nitrogens with zero attached hydrogens (tertiary/aromatic N) is 3. The van der Waals surface area contributed by atoms with E-state index in [0.29, 0.717) is 25.9 Å². The van der Waals surface area contributed by atoms with Crippen LogP contribution >= 0.6 is 0 Å². The lowest BCUT2D eigenvalue weighted by Gasteiger charge is -2.33. The van der Waals surface area contributed by atoms with Crippen LogP contribution < -0.4 is 5.32 Å².